The van der Waals surface area contributed by atoms with Gasteiger partial charge in [-0.3, -0.25) is 4.79 Å². The van der Waals surface area contributed by atoms with Crippen molar-refractivity contribution in [3.63, 3.8) is 0 Å². The van der Waals surface area contributed by atoms with Crippen LogP contribution in [-0.2, 0) is 17.6 Å². The summed E-state index contributed by atoms with van der Waals surface area (Å²) in [4.78, 5) is 19.0. The van der Waals surface area contributed by atoms with Gasteiger partial charge in [0.1, 0.15) is 5.82 Å². The molecule has 0 spiro atoms. The Hall–Kier alpha value is -2.73. The zero-order valence-corrected chi connectivity index (χ0v) is 17.3. The molecule has 0 bridgehead atoms. The minimum atomic E-state index is -0.376. The van der Waals surface area contributed by atoms with E-state index in [1.165, 1.54) is 6.07 Å². The van der Waals surface area contributed by atoms with Crippen LogP contribution in [0.4, 0.5) is 4.39 Å². The molecule has 1 aliphatic heterocycles. The lowest BCUT2D eigenvalue weighted by Crippen LogP contribution is -2.40. The Morgan fingerprint density at radius 1 is 1.23 bits per heavy atom. The van der Waals surface area contributed by atoms with E-state index in [1.54, 1.807) is 18.2 Å². The monoisotopic (exact) mass is 427 g/mol. The molecule has 30 heavy (non-hydrogen) atoms. The van der Waals surface area contributed by atoms with E-state index in [2.05, 4.69) is 10.1 Å². The molecule has 1 fully saturated rings. The fraction of sp³-hybridized carbons (Fsp3) is 0.348. The van der Waals surface area contributed by atoms with E-state index in [4.69, 9.17) is 16.1 Å². The molecule has 0 radical (unpaired) electrons. The van der Waals surface area contributed by atoms with Gasteiger partial charge >= 0.3 is 0 Å². The number of hydrogen-bond acceptors (Lipinski definition) is 4. The van der Waals surface area contributed by atoms with Crippen LogP contribution >= 0.6 is 11.6 Å². The van der Waals surface area contributed by atoms with E-state index in [0.717, 1.165) is 24.9 Å². The topological polar surface area (TPSA) is 59.2 Å². The Bertz CT molecular complexity index is 1020. The summed E-state index contributed by atoms with van der Waals surface area (Å²) in [5.74, 6) is 0.763. The quantitative estimate of drug-likeness (QED) is 0.558. The lowest BCUT2D eigenvalue weighted by molar-refractivity contribution is -0.133. The molecule has 5 nitrogen and oxygen atoms in total. The highest BCUT2D eigenvalue weighted by Gasteiger charge is 2.25. The zero-order chi connectivity index (χ0) is 20.9. The molecule has 1 aromatic heterocycles. The first-order valence-electron chi connectivity index (χ1n) is 10.2. The summed E-state index contributed by atoms with van der Waals surface area (Å²) in [6, 6.07) is 14.0. The average Bonchev–Trinajstić information content (AvgIpc) is 3.21. The van der Waals surface area contributed by atoms with Crippen molar-refractivity contribution < 1.29 is 13.7 Å². The van der Waals surface area contributed by atoms with Crippen LogP contribution in [0.2, 0.25) is 5.02 Å². The van der Waals surface area contributed by atoms with Gasteiger partial charge in [0.25, 0.3) is 0 Å². The highest BCUT2D eigenvalue weighted by atomic mass is 35.5. The number of hydrogen-bond donors (Lipinski definition) is 0. The highest BCUT2D eigenvalue weighted by Crippen LogP contribution is 2.24. The SMILES string of the molecule is O=C(CCc1cccc(Cl)c1)N1CCC[C@@H](Cc2nc(-c3ccccc3F)no2)C1. The predicted molar refractivity (Wildman–Crippen MR) is 112 cm³/mol. The van der Waals surface area contributed by atoms with Crippen molar-refractivity contribution in [3.8, 4) is 11.4 Å². The number of aryl methyl sites for hydroxylation is 1. The number of piperidine rings is 1. The van der Waals surface area contributed by atoms with Crippen molar-refractivity contribution in [3.05, 3.63) is 70.8 Å². The average molecular weight is 428 g/mol. The zero-order valence-electron chi connectivity index (χ0n) is 16.6. The number of carbonyl (C=O) groups is 1. The summed E-state index contributed by atoms with van der Waals surface area (Å²) < 4.78 is 19.3. The van der Waals surface area contributed by atoms with Crippen LogP contribution in [0.25, 0.3) is 11.4 Å². The van der Waals surface area contributed by atoms with Gasteiger partial charge < -0.3 is 9.42 Å². The van der Waals surface area contributed by atoms with E-state index in [9.17, 15) is 9.18 Å². The molecular formula is C23H23ClFN3O2. The van der Waals surface area contributed by atoms with Gasteiger partial charge in [-0.1, -0.05) is 41.0 Å². The molecule has 1 amide bonds. The maximum atomic E-state index is 13.9. The molecule has 1 atom stereocenters. The molecule has 156 valence electrons. The summed E-state index contributed by atoms with van der Waals surface area (Å²) in [7, 11) is 0. The molecule has 7 heteroatoms. The van der Waals surface area contributed by atoms with Crippen molar-refractivity contribution in [2.45, 2.75) is 32.1 Å². The summed E-state index contributed by atoms with van der Waals surface area (Å²) in [6.45, 7) is 1.45. The lowest BCUT2D eigenvalue weighted by Gasteiger charge is -2.32. The summed E-state index contributed by atoms with van der Waals surface area (Å²) >= 11 is 6.02. The second-order valence-electron chi connectivity index (χ2n) is 7.67. The fourth-order valence-electron chi connectivity index (χ4n) is 3.90. The second kappa shape index (κ2) is 9.39. The van der Waals surface area contributed by atoms with Crippen molar-refractivity contribution in [1.29, 1.82) is 0 Å². The van der Waals surface area contributed by atoms with Gasteiger partial charge in [0.05, 0.1) is 5.56 Å². The number of amides is 1. The molecule has 1 aliphatic rings. The first-order chi connectivity index (χ1) is 14.6. The Balaban J connectivity index is 1.33. The van der Waals surface area contributed by atoms with Crippen molar-refractivity contribution in [2.75, 3.05) is 13.1 Å². The Morgan fingerprint density at radius 2 is 2.10 bits per heavy atom. The smallest absolute Gasteiger partial charge is 0.227 e. The third-order valence-corrected chi connectivity index (χ3v) is 5.67. The van der Waals surface area contributed by atoms with E-state index in [-0.39, 0.29) is 23.5 Å². The molecular weight excluding hydrogens is 405 g/mol. The Kier molecular flexibility index (Phi) is 6.43. The second-order valence-corrected chi connectivity index (χ2v) is 8.11. The maximum Gasteiger partial charge on any atom is 0.227 e. The number of carbonyl (C=O) groups excluding carboxylic acids is 1. The van der Waals surface area contributed by atoms with Crippen molar-refractivity contribution >= 4 is 17.5 Å². The van der Waals surface area contributed by atoms with Gasteiger partial charge in [-0.05, 0) is 55.0 Å². The van der Waals surface area contributed by atoms with Crippen LogP contribution in [-0.4, -0.2) is 34.0 Å². The maximum absolute atomic E-state index is 13.9. The minimum absolute atomic E-state index is 0.150. The number of rotatable bonds is 6. The van der Waals surface area contributed by atoms with Gasteiger partial charge in [-0.2, -0.15) is 4.98 Å². The van der Waals surface area contributed by atoms with E-state index in [1.807, 2.05) is 29.2 Å². The normalized spacial score (nSPS) is 16.6. The van der Waals surface area contributed by atoms with Gasteiger partial charge in [0.2, 0.25) is 17.6 Å². The summed E-state index contributed by atoms with van der Waals surface area (Å²) in [5, 5.41) is 4.61. The van der Waals surface area contributed by atoms with Crippen LogP contribution in [0.3, 0.4) is 0 Å². The molecule has 2 heterocycles. The van der Waals surface area contributed by atoms with Crippen LogP contribution in [0.5, 0.6) is 0 Å². The summed E-state index contributed by atoms with van der Waals surface area (Å²) in [6.07, 6.45) is 3.66. The minimum Gasteiger partial charge on any atom is -0.342 e. The van der Waals surface area contributed by atoms with Gasteiger partial charge in [0.15, 0.2) is 0 Å². The third-order valence-electron chi connectivity index (χ3n) is 5.43. The predicted octanol–water partition coefficient (Wildman–Crippen LogP) is 4.94. The molecule has 0 aliphatic carbocycles. The summed E-state index contributed by atoms with van der Waals surface area (Å²) in [5.41, 5.74) is 1.39. The van der Waals surface area contributed by atoms with Crippen LogP contribution in [0, 0.1) is 11.7 Å². The number of likely N-dealkylation sites (tertiary alicyclic amines) is 1. The lowest BCUT2D eigenvalue weighted by atomic mass is 9.94. The Morgan fingerprint density at radius 3 is 2.93 bits per heavy atom. The van der Waals surface area contributed by atoms with E-state index in [0.29, 0.717) is 42.3 Å². The molecule has 4 rings (SSSR count). The molecule has 0 unspecified atom stereocenters. The third kappa shape index (κ3) is 5.05. The Labute approximate surface area is 179 Å². The van der Waals surface area contributed by atoms with Gasteiger partial charge in [-0.25, -0.2) is 4.39 Å². The first kappa shape index (κ1) is 20.5. The number of benzene rings is 2. The van der Waals surface area contributed by atoms with Crippen molar-refractivity contribution in [1.82, 2.24) is 15.0 Å². The first-order valence-corrected chi connectivity index (χ1v) is 10.6. The molecule has 0 N–H and O–H groups in total. The van der Waals surface area contributed by atoms with Crippen LogP contribution < -0.4 is 0 Å². The number of halogens is 2. The number of aromatic nitrogens is 2. The largest absolute Gasteiger partial charge is 0.342 e. The standard InChI is InChI=1S/C23H23ClFN3O2/c24-18-7-3-5-16(13-18)10-11-22(29)28-12-4-6-17(15-28)14-21-26-23(27-30-21)19-8-1-2-9-20(19)25/h1-3,5,7-9,13,17H,4,6,10-12,14-15H2/t17-/m0/s1. The van der Waals surface area contributed by atoms with Crippen LogP contribution in [0.15, 0.2) is 53.1 Å². The molecule has 1 saturated heterocycles. The molecule has 2 aromatic carbocycles. The van der Waals surface area contributed by atoms with Gasteiger partial charge in [-0.15, -0.1) is 0 Å². The van der Waals surface area contributed by atoms with E-state index >= 15 is 0 Å². The van der Waals surface area contributed by atoms with Crippen LogP contribution in [0.1, 0.15) is 30.7 Å². The highest BCUT2D eigenvalue weighted by molar-refractivity contribution is 6.30. The van der Waals surface area contributed by atoms with Gasteiger partial charge in [0, 0.05) is 31.0 Å². The van der Waals surface area contributed by atoms with Crippen molar-refractivity contribution in [2.24, 2.45) is 5.92 Å². The van der Waals surface area contributed by atoms with E-state index < -0.39 is 0 Å². The molecule has 3 aromatic rings. The fourth-order valence-corrected chi connectivity index (χ4v) is 4.11. The number of nitrogens with zero attached hydrogens (tertiary/aromatic N) is 3. The molecule has 0 saturated carbocycles.